The van der Waals surface area contributed by atoms with Gasteiger partial charge in [0.2, 0.25) is 11.8 Å². The van der Waals surface area contributed by atoms with Gasteiger partial charge < -0.3 is 56.4 Å². The Morgan fingerprint density at radius 2 is 1.11 bits per heavy atom. The molecule has 2 saturated heterocycles. The fourth-order valence-electron chi connectivity index (χ4n) is 6.47. The van der Waals surface area contributed by atoms with E-state index >= 15 is 0 Å². The van der Waals surface area contributed by atoms with Crippen molar-refractivity contribution in [2.75, 3.05) is 54.8 Å². The van der Waals surface area contributed by atoms with Gasteiger partial charge in [-0.25, -0.2) is 18.8 Å². The van der Waals surface area contributed by atoms with E-state index in [1.807, 2.05) is 76.2 Å². The minimum absolute atomic E-state index is 0. The maximum absolute atomic E-state index is 12.2. The molecule has 29 nitrogen and oxygen atoms in total. The van der Waals surface area contributed by atoms with E-state index in [4.69, 9.17) is 30.0 Å². The molecule has 0 bridgehead atoms. The molecule has 8 rings (SSSR count). The summed E-state index contributed by atoms with van der Waals surface area (Å²) in [4.78, 5) is 125. The topological polar surface area (TPSA) is 386 Å². The fourth-order valence-corrected chi connectivity index (χ4v) is 6.47. The normalized spacial score (nSPS) is 11.8. The number of rotatable bonds is 6. The number of piperazine rings is 2. The van der Waals surface area contributed by atoms with Crippen molar-refractivity contribution in [1.82, 2.24) is 29.7 Å². The van der Waals surface area contributed by atoms with Crippen LogP contribution in [0.25, 0.3) is 5.69 Å². The first-order valence-corrected chi connectivity index (χ1v) is 26.0. The van der Waals surface area contributed by atoms with Crippen molar-refractivity contribution in [3.05, 3.63) is 187 Å². The van der Waals surface area contributed by atoms with Gasteiger partial charge in [-0.05, 0) is 130 Å². The van der Waals surface area contributed by atoms with Gasteiger partial charge in [0, 0.05) is 99.4 Å². The second-order valence-corrected chi connectivity index (χ2v) is 20.7. The van der Waals surface area contributed by atoms with Crippen molar-refractivity contribution in [3.63, 3.8) is 0 Å². The zero-order valence-corrected chi connectivity index (χ0v) is 64.0. The first-order valence-electron chi connectivity index (χ1n) is 26.0. The molecule has 2 aliphatic heterocycles. The summed E-state index contributed by atoms with van der Waals surface area (Å²) in [7, 11) is 0. The quantitative estimate of drug-likeness (QED) is 0.0315. The van der Waals surface area contributed by atoms with Crippen LogP contribution < -0.4 is 175 Å². The SMILES string of the molecule is C.C.C.CC(C)(C)OC(=O)OC(=O)OC(C)(C)C.Cc1ccc(N2CCN(C(=O)OC(C)(C)C)CC2=O)cc1.Nc1ccc(N2CCNCC2=O)cc1.O=CO[O-].O=[N+]([O-])c1ccc(F)cc1.O=c1cncc[nH]1.O=c1cnccn1-c1ccc([N+](=O)[O-])cc1.[Cs+].[Cs+].[H-].[HH]. The number of nitro groups is 2. The van der Waals surface area contributed by atoms with Crippen LogP contribution in [0.1, 0.15) is 93.0 Å². The maximum Gasteiger partial charge on any atom is 1.00 e. The Morgan fingerprint density at radius 1 is 0.663 bits per heavy atom. The molecule has 92 heavy (non-hydrogen) atoms. The van der Waals surface area contributed by atoms with E-state index < -0.39 is 50.9 Å². The zero-order chi connectivity index (χ0) is 65.5. The van der Waals surface area contributed by atoms with Gasteiger partial charge in [0.1, 0.15) is 29.2 Å². The van der Waals surface area contributed by atoms with Gasteiger partial charge in [-0.3, -0.25) is 63.6 Å². The minimum atomic E-state index is -1.06. The molecule has 6 aromatic rings. The Hall–Kier alpha value is -6.39. The number of anilines is 3. The van der Waals surface area contributed by atoms with Gasteiger partial charge in [0.25, 0.3) is 29.0 Å². The number of amides is 3. The smallest absolute Gasteiger partial charge is 1.00 e. The monoisotopic (exact) mass is 1530 g/mol. The van der Waals surface area contributed by atoms with Gasteiger partial charge in [0.05, 0.1) is 28.8 Å². The summed E-state index contributed by atoms with van der Waals surface area (Å²) in [6.07, 6.45) is 5.84. The summed E-state index contributed by atoms with van der Waals surface area (Å²) in [6.45, 7) is 20.3. The van der Waals surface area contributed by atoms with Crippen LogP contribution in [0.2, 0.25) is 0 Å². The Morgan fingerprint density at radius 3 is 1.50 bits per heavy atom. The molecule has 2 aliphatic rings. The molecule has 0 spiro atoms. The number of nitrogens with zero attached hydrogens (tertiary/aromatic N) is 8. The summed E-state index contributed by atoms with van der Waals surface area (Å²) in [5.41, 5.74) is 7.32. The molecule has 0 radical (unpaired) electrons. The van der Waals surface area contributed by atoms with Crippen LogP contribution >= 0.6 is 0 Å². The number of carbonyl (C=O) groups excluding carboxylic acids is 6. The van der Waals surface area contributed by atoms with E-state index in [9.17, 15) is 58.2 Å². The molecule has 2 aromatic heterocycles. The summed E-state index contributed by atoms with van der Waals surface area (Å²) in [5, 5.41) is 31.9. The third-order valence-corrected chi connectivity index (χ3v) is 10.2. The Balaban J connectivity index is -0.000000246. The van der Waals surface area contributed by atoms with E-state index in [1.54, 1.807) is 51.3 Å². The van der Waals surface area contributed by atoms with Gasteiger partial charge >= 0.3 is 156 Å². The number of nitrogen functional groups attached to an aromatic ring is 1. The van der Waals surface area contributed by atoms with Crippen LogP contribution in [0.15, 0.2) is 144 Å². The molecule has 4 heterocycles. The van der Waals surface area contributed by atoms with Crippen molar-refractivity contribution in [3.8, 4) is 5.69 Å². The summed E-state index contributed by atoms with van der Waals surface area (Å²) in [6, 6.07) is 25.2. The molecule has 0 unspecified atom stereocenters. The number of hydrogen-bond donors (Lipinski definition) is 3. The van der Waals surface area contributed by atoms with Crippen LogP contribution in [-0.2, 0) is 38.2 Å². The maximum atomic E-state index is 12.2. The first-order chi connectivity index (χ1) is 40.7. The fraction of sp³-hybridized carbons (Fsp3) is 0.367. The Kier molecular flexibility index (Phi) is 46.7. The van der Waals surface area contributed by atoms with E-state index in [1.165, 1.54) is 70.9 Å². The first kappa shape index (κ1) is 92.0. The summed E-state index contributed by atoms with van der Waals surface area (Å²) in [5.74, 6) is -0.442. The van der Waals surface area contributed by atoms with Crippen molar-refractivity contribution < 1.29 is 213 Å². The number of nitrogens with one attached hydrogen (secondary N) is 2. The summed E-state index contributed by atoms with van der Waals surface area (Å²) >= 11 is 0. The molecule has 496 valence electrons. The van der Waals surface area contributed by atoms with Crippen LogP contribution in [0.5, 0.6) is 0 Å². The molecular weight excluding hydrogens is 1450 g/mol. The van der Waals surface area contributed by atoms with Gasteiger partial charge in [-0.1, -0.05) is 40.0 Å². The molecule has 0 atom stereocenters. The molecule has 32 heteroatoms. The van der Waals surface area contributed by atoms with Gasteiger partial charge in [0.15, 0.2) is 0 Å². The van der Waals surface area contributed by atoms with E-state index in [0.29, 0.717) is 25.3 Å². The third-order valence-electron chi connectivity index (χ3n) is 10.2. The number of ether oxygens (including phenoxy) is 4. The average Bonchev–Trinajstić information content (AvgIpc) is 0.942. The standard InChI is InChI=1S/C16H22N2O3.C10H7N3O3.C10H13N3O.C10H18O5.C6H4FNO2.C4H4N2O.CH2O3.3CH4.2Cs.H2.H/c1-12-5-7-13(8-6-12)18-10-9-17(11-14(18)19)15(20)21-16(2,3)4;14-10-7-11-5-6-12(10)8-1-3-9(4-2-8)13(15)16;11-8-1-3-9(4-2-8)13-6-5-12-7-10(13)14;1-9(2,3)14-7(11)13-8(12)15-10(4,5)6;7-5-1-3-6(4-2-5)8(9)10;7-4-3-5-1-2-6-4;2-1-4-3;;;;;;;/h5-8H,9-11H2,1-4H3;1-7H;1-4,12H,5-7,11H2;1-6H3;1-4H;1-3H,(H,6,7);1,3H;3*1H4;;;1H;/q;;;;;;;;;;2*+1;;-1/p-1. The number of aromatic amines is 1. The molecule has 2 fully saturated rings. The van der Waals surface area contributed by atoms with Crippen molar-refractivity contribution >= 4 is 65.1 Å². The predicted molar refractivity (Wildman–Crippen MR) is 336 cm³/mol. The van der Waals surface area contributed by atoms with Crippen LogP contribution in [-0.4, -0.2) is 127 Å². The zero-order valence-electron chi connectivity index (χ0n) is 52.4. The number of non-ortho nitro benzene ring substituents is 2. The van der Waals surface area contributed by atoms with E-state index in [0.717, 1.165) is 60.0 Å². The van der Waals surface area contributed by atoms with Gasteiger partial charge in [-0.2, -0.15) is 0 Å². The number of halogens is 1. The Labute approximate surface area is 654 Å². The largest absolute Gasteiger partial charge is 1.00 e. The molecule has 0 aliphatic carbocycles. The van der Waals surface area contributed by atoms with Crippen LogP contribution in [0, 0.1) is 33.0 Å². The number of H-pyrrole nitrogens is 1. The molecular formula is C60H84Cs2FN11O18. The third kappa shape index (κ3) is 39.2. The predicted octanol–water partition coefficient (Wildman–Crippen LogP) is 3.01. The number of nitro benzene ring substituents is 2. The number of aryl methyl sites for hydroxylation is 1. The molecule has 0 saturated carbocycles. The van der Waals surface area contributed by atoms with Crippen molar-refractivity contribution in [2.45, 2.75) is 108 Å². The second kappa shape index (κ2) is 46.6. The van der Waals surface area contributed by atoms with Crippen molar-refractivity contribution in [2.24, 2.45) is 0 Å². The van der Waals surface area contributed by atoms with E-state index in [2.05, 4.69) is 29.9 Å². The van der Waals surface area contributed by atoms with Gasteiger partial charge in [-0.15, -0.1) is 0 Å². The summed E-state index contributed by atoms with van der Waals surface area (Å²) < 4.78 is 32.6. The Bertz CT molecular complexity index is 3280. The number of aromatic nitrogens is 4. The molecule has 4 aromatic carbocycles. The number of hydrogen-bond acceptors (Lipinski definition) is 22. The minimum Gasteiger partial charge on any atom is -1.00 e. The molecule has 4 N–H and O–H groups in total. The molecule has 3 amide bonds. The van der Waals surface area contributed by atoms with Crippen LogP contribution in [0.3, 0.4) is 0 Å². The second-order valence-electron chi connectivity index (χ2n) is 20.7. The van der Waals surface area contributed by atoms with Crippen LogP contribution in [0.4, 0.5) is 47.2 Å². The van der Waals surface area contributed by atoms with Crippen molar-refractivity contribution in [1.29, 1.82) is 0 Å². The average molecular weight is 1530 g/mol. The number of carbonyl (C=O) groups is 6. The number of nitrogens with two attached hydrogens (primary N) is 1. The van der Waals surface area contributed by atoms with E-state index in [-0.39, 0.29) is 210 Å². The number of benzene rings is 4.